The Kier molecular flexibility index (Phi) is 11.9. The zero-order valence-corrected chi connectivity index (χ0v) is 41.8. The number of hydrogen-bond acceptors (Lipinski definition) is 2. The lowest BCUT2D eigenvalue weighted by atomic mass is 9.94. The van der Waals surface area contributed by atoms with Gasteiger partial charge in [-0.05, 0) is 147 Å². The quantitative estimate of drug-likeness (QED) is 0.113. The third-order valence-corrected chi connectivity index (χ3v) is 14.8. The number of aromatic nitrogens is 1. The molecule has 0 aliphatic heterocycles. The Balaban J connectivity index is 0.921. The summed E-state index contributed by atoms with van der Waals surface area (Å²) in [5.41, 5.74) is 18.5. The molecule has 75 heavy (non-hydrogen) atoms. The van der Waals surface area contributed by atoms with Gasteiger partial charge >= 0.3 is 0 Å². The third-order valence-electron chi connectivity index (χ3n) is 14.8. The smallest absolute Gasteiger partial charge is 0.0540 e. The summed E-state index contributed by atoms with van der Waals surface area (Å²) in [6, 6.07) is 104. The van der Waals surface area contributed by atoms with Crippen molar-refractivity contribution in [2.24, 2.45) is 0 Å². The van der Waals surface area contributed by atoms with Crippen LogP contribution in [0.3, 0.4) is 0 Å². The van der Waals surface area contributed by atoms with Crippen LogP contribution in [0.2, 0.25) is 0 Å². The number of anilines is 6. The summed E-state index contributed by atoms with van der Waals surface area (Å²) < 4.78 is 2.46. The van der Waals surface area contributed by atoms with Gasteiger partial charge < -0.3 is 14.4 Å². The molecule has 1 heterocycles. The van der Waals surface area contributed by atoms with Crippen LogP contribution in [0.1, 0.15) is 23.6 Å². The first-order chi connectivity index (χ1) is 37.1. The van der Waals surface area contributed by atoms with E-state index >= 15 is 0 Å². The summed E-state index contributed by atoms with van der Waals surface area (Å²) >= 11 is 0. The molecule has 0 aliphatic carbocycles. The molecule has 3 heteroatoms. The van der Waals surface area contributed by atoms with Gasteiger partial charge in [0.15, 0.2) is 0 Å². The first-order valence-corrected chi connectivity index (χ1v) is 26.0. The number of rotatable bonds is 12. The van der Waals surface area contributed by atoms with Crippen LogP contribution in [0, 0.1) is 0 Å². The van der Waals surface area contributed by atoms with E-state index in [9.17, 15) is 0 Å². The fourth-order valence-corrected chi connectivity index (χ4v) is 11.1. The Hall–Kier alpha value is -9.70. The van der Waals surface area contributed by atoms with Crippen LogP contribution in [0.15, 0.2) is 285 Å². The van der Waals surface area contributed by atoms with Gasteiger partial charge in [-0.25, -0.2) is 0 Å². The fraction of sp³-hybridized carbons (Fsp3) is 0.0278. The molecule has 356 valence electrons. The summed E-state index contributed by atoms with van der Waals surface area (Å²) in [4.78, 5) is 4.81. The maximum atomic E-state index is 2.46. The molecular weight excluding hydrogens is 907 g/mol. The van der Waals surface area contributed by atoms with Gasteiger partial charge in [-0.1, -0.05) is 206 Å². The minimum absolute atomic E-state index is 0.855. The second-order valence-electron chi connectivity index (χ2n) is 19.2. The number of aryl methyl sites for hydroxylation is 1. The molecule has 0 aliphatic rings. The van der Waals surface area contributed by atoms with Gasteiger partial charge in [0.05, 0.1) is 11.4 Å². The van der Waals surface area contributed by atoms with Crippen molar-refractivity contribution in [3.8, 4) is 22.3 Å². The number of benzene rings is 12. The van der Waals surface area contributed by atoms with Crippen molar-refractivity contribution in [1.29, 1.82) is 0 Å². The molecule has 12 aromatic carbocycles. The normalized spacial score (nSPS) is 11.7. The average Bonchev–Trinajstić information content (AvgIpc) is 3.81. The van der Waals surface area contributed by atoms with Crippen LogP contribution in [-0.2, 0) is 6.54 Å². The molecule has 0 amide bonds. The highest BCUT2D eigenvalue weighted by Gasteiger charge is 2.20. The Morgan fingerprint density at radius 1 is 0.333 bits per heavy atom. The molecule has 13 aromatic rings. The summed E-state index contributed by atoms with van der Waals surface area (Å²) in [5, 5.41) is 7.27. The van der Waals surface area contributed by atoms with Crippen LogP contribution in [0.4, 0.5) is 34.1 Å². The van der Waals surface area contributed by atoms with E-state index in [0.29, 0.717) is 0 Å². The molecule has 3 nitrogen and oxygen atoms in total. The van der Waals surface area contributed by atoms with Crippen LogP contribution in [-0.4, -0.2) is 4.57 Å². The van der Waals surface area contributed by atoms with Crippen molar-refractivity contribution in [2.45, 2.75) is 13.5 Å². The molecule has 0 N–H and O–H groups in total. The minimum atomic E-state index is 0.855. The predicted molar refractivity (Wildman–Crippen MR) is 320 cm³/mol. The molecule has 13 rings (SSSR count). The minimum Gasteiger partial charge on any atom is -0.341 e. The van der Waals surface area contributed by atoms with Crippen molar-refractivity contribution in [3.63, 3.8) is 0 Å². The first-order valence-electron chi connectivity index (χ1n) is 26.0. The van der Waals surface area contributed by atoms with Crippen LogP contribution < -0.4 is 9.80 Å². The molecule has 0 fully saturated rings. The second-order valence-corrected chi connectivity index (χ2v) is 19.2. The molecule has 0 unspecified atom stereocenters. The molecule has 0 atom stereocenters. The molecule has 0 spiro atoms. The first kappa shape index (κ1) is 45.2. The second kappa shape index (κ2) is 19.7. The van der Waals surface area contributed by atoms with E-state index in [-0.39, 0.29) is 0 Å². The Labute approximate surface area is 438 Å². The van der Waals surface area contributed by atoms with E-state index in [4.69, 9.17) is 0 Å². The number of hydrogen-bond donors (Lipinski definition) is 0. The van der Waals surface area contributed by atoms with E-state index in [0.717, 1.165) is 62.9 Å². The standard InChI is InChI=1S/C72H53N3/c1-2-73-69-46-38-59(49-67(69)68-50-63(45-47-70(68)73)75(72-31-17-27-57-25-13-15-29-65(57)72)62-43-36-55(37-44-62)53-20-8-4-9-21-53)66(58-22-10-5-11-23-58)48-51-32-39-60(40-33-51)74(71-30-16-26-56-24-12-14-28-64(56)71)61-41-34-54(35-42-61)52-18-6-3-7-19-52/h3-50H,2H2,1H3/b66-48-. The summed E-state index contributed by atoms with van der Waals surface area (Å²) in [6.07, 6.45) is 2.35. The van der Waals surface area contributed by atoms with Gasteiger partial charge in [-0.15, -0.1) is 0 Å². The van der Waals surface area contributed by atoms with Crippen molar-refractivity contribution < 1.29 is 0 Å². The average molecular weight is 960 g/mol. The highest BCUT2D eigenvalue weighted by molar-refractivity contribution is 6.12. The van der Waals surface area contributed by atoms with Crippen molar-refractivity contribution in [1.82, 2.24) is 4.57 Å². The van der Waals surface area contributed by atoms with Crippen molar-refractivity contribution >= 4 is 89.1 Å². The zero-order chi connectivity index (χ0) is 50.1. The Bertz CT molecular complexity index is 4170. The molecule has 0 radical (unpaired) electrons. The third kappa shape index (κ3) is 8.61. The van der Waals surface area contributed by atoms with E-state index < -0.39 is 0 Å². The van der Waals surface area contributed by atoms with E-state index in [2.05, 4.69) is 312 Å². The Morgan fingerprint density at radius 3 is 1.28 bits per heavy atom. The molecule has 1 aromatic heterocycles. The molecule has 0 saturated carbocycles. The van der Waals surface area contributed by atoms with Gasteiger partial charge in [-0.2, -0.15) is 0 Å². The summed E-state index contributed by atoms with van der Waals surface area (Å²) in [7, 11) is 0. The predicted octanol–water partition coefficient (Wildman–Crippen LogP) is 20.0. The lowest BCUT2D eigenvalue weighted by molar-refractivity contribution is 0.827. The lowest BCUT2D eigenvalue weighted by Gasteiger charge is -2.27. The van der Waals surface area contributed by atoms with Crippen LogP contribution in [0.25, 0.3) is 77.3 Å². The van der Waals surface area contributed by atoms with Crippen LogP contribution in [0.5, 0.6) is 0 Å². The topological polar surface area (TPSA) is 11.4 Å². The maximum absolute atomic E-state index is 2.46. The van der Waals surface area contributed by atoms with E-state index in [1.165, 1.54) is 65.6 Å². The summed E-state index contributed by atoms with van der Waals surface area (Å²) in [6.45, 7) is 3.10. The lowest BCUT2D eigenvalue weighted by Crippen LogP contribution is -2.10. The van der Waals surface area contributed by atoms with Crippen LogP contribution >= 0.6 is 0 Å². The van der Waals surface area contributed by atoms with Gasteiger partial charge in [0.2, 0.25) is 0 Å². The van der Waals surface area contributed by atoms with E-state index in [1.54, 1.807) is 0 Å². The number of fused-ring (bicyclic) bond motifs is 5. The highest BCUT2D eigenvalue weighted by Crippen LogP contribution is 2.44. The maximum Gasteiger partial charge on any atom is 0.0540 e. The SMILES string of the molecule is CCn1c2ccc(/C(=C\c3ccc(N(c4ccc(-c5ccccc5)cc4)c4cccc5ccccc45)cc3)c3ccccc3)cc2c2cc(N(c3ccc(-c4ccccc4)cc3)c3cccc4ccccc34)ccc21. The molecule has 0 bridgehead atoms. The van der Waals surface area contributed by atoms with E-state index in [1.807, 2.05) is 0 Å². The van der Waals surface area contributed by atoms with Crippen molar-refractivity contribution in [2.75, 3.05) is 9.80 Å². The number of nitrogens with zero attached hydrogens (tertiary/aromatic N) is 3. The fourth-order valence-electron chi connectivity index (χ4n) is 11.1. The van der Waals surface area contributed by atoms with Gasteiger partial charge in [0.25, 0.3) is 0 Å². The van der Waals surface area contributed by atoms with Gasteiger partial charge in [-0.3, -0.25) is 0 Å². The largest absolute Gasteiger partial charge is 0.341 e. The summed E-state index contributed by atoms with van der Waals surface area (Å²) in [5.74, 6) is 0. The van der Waals surface area contributed by atoms with Gasteiger partial charge in [0, 0.05) is 61.9 Å². The van der Waals surface area contributed by atoms with Gasteiger partial charge in [0.1, 0.15) is 0 Å². The monoisotopic (exact) mass is 959 g/mol. The van der Waals surface area contributed by atoms with Crippen molar-refractivity contribution in [3.05, 3.63) is 302 Å². The molecular formula is C72H53N3. The highest BCUT2D eigenvalue weighted by atomic mass is 15.1. The molecule has 0 saturated heterocycles. The zero-order valence-electron chi connectivity index (χ0n) is 41.8. The Morgan fingerprint density at radius 2 is 0.747 bits per heavy atom.